The first-order valence-electron chi connectivity index (χ1n) is 12.6. The Morgan fingerprint density at radius 3 is 2.45 bits per heavy atom. The highest BCUT2D eigenvalue weighted by molar-refractivity contribution is 5.99. The summed E-state index contributed by atoms with van der Waals surface area (Å²) in [5, 5.41) is 2.89. The fraction of sp³-hybridized carbons (Fsp3) is 0.310. The third-order valence-corrected chi connectivity index (χ3v) is 7.14. The highest BCUT2D eigenvalue weighted by atomic mass is 19.1. The number of carbonyl (C=O) groups excluding carboxylic acids is 3. The summed E-state index contributed by atoms with van der Waals surface area (Å²) >= 11 is 0. The van der Waals surface area contributed by atoms with Gasteiger partial charge in [0.2, 0.25) is 5.91 Å². The highest BCUT2D eigenvalue weighted by Crippen LogP contribution is 2.39. The lowest BCUT2D eigenvalue weighted by Gasteiger charge is -2.44. The van der Waals surface area contributed by atoms with E-state index in [0.717, 1.165) is 5.56 Å². The number of nitrogens with one attached hydrogen (secondary N) is 1. The molecule has 5 rings (SSSR count). The van der Waals surface area contributed by atoms with E-state index in [1.165, 1.54) is 24.3 Å². The lowest BCUT2D eigenvalue weighted by atomic mass is 9.95. The molecular formula is C29H29FN4O4. The topological polar surface area (TPSA) is 91.8 Å². The van der Waals surface area contributed by atoms with Crippen molar-refractivity contribution in [1.82, 2.24) is 20.1 Å². The Morgan fingerprint density at radius 2 is 1.76 bits per heavy atom. The van der Waals surface area contributed by atoms with Gasteiger partial charge in [-0.1, -0.05) is 23.8 Å². The Balaban J connectivity index is 1.36. The number of amides is 3. The van der Waals surface area contributed by atoms with Crippen molar-refractivity contribution in [3.8, 4) is 0 Å². The Morgan fingerprint density at radius 1 is 1.00 bits per heavy atom. The summed E-state index contributed by atoms with van der Waals surface area (Å²) in [6.45, 7) is 2.85. The van der Waals surface area contributed by atoms with Crippen molar-refractivity contribution < 1.29 is 23.5 Å². The molecule has 0 saturated carbocycles. The van der Waals surface area contributed by atoms with Crippen LogP contribution >= 0.6 is 0 Å². The molecule has 2 fully saturated rings. The zero-order chi connectivity index (χ0) is 26.7. The summed E-state index contributed by atoms with van der Waals surface area (Å²) in [4.78, 5) is 47.7. The van der Waals surface area contributed by atoms with Gasteiger partial charge >= 0.3 is 0 Å². The molecule has 1 atom stereocenters. The first-order valence-corrected chi connectivity index (χ1v) is 12.6. The molecule has 38 heavy (non-hydrogen) atoms. The number of aromatic nitrogens is 1. The smallest absolute Gasteiger partial charge is 0.256 e. The third kappa shape index (κ3) is 5.15. The van der Waals surface area contributed by atoms with Crippen LogP contribution in [0.3, 0.4) is 0 Å². The van der Waals surface area contributed by atoms with E-state index in [1.54, 1.807) is 34.2 Å². The molecule has 9 heteroatoms. The summed E-state index contributed by atoms with van der Waals surface area (Å²) in [6, 6.07) is 17.3. The third-order valence-electron chi connectivity index (χ3n) is 7.14. The first kappa shape index (κ1) is 25.5. The first-order chi connectivity index (χ1) is 18.4. The largest absolute Gasteiger partial charge is 0.353 e. The van der Waals surface area contributed by atoms with Gasteiger partial charge in [0.25, 0.3) is 11.8 Å². The number of rotatable bonds is 5. The Kier molecular flexibility index (Phi) is 7.20. The summed E-state index contributed by atoms with van der Waals surface area (Å²) in [5.41, 5.74) is 1.49. The van der Waals surface area contributed by atoms with E-state index < -0.39 is 17.6 Å². The van der Waals surface area contributed by atoms with Gasteiger partial charge in [-0.15, -0.1) is 0 Å². The van der Waals surface area contributed by atoms with Crippen molar-refractivity contribution in [2.75, 3.05) is 19.7 Å². The zero-order valence-corrected chi connectivity index (χ0v) is 21.1. The molecule has 0 radical (unpaired) electrons. The van der Waals surface area contributed by atoms with Crippen LogP contribution in [0, 0.1) is 12.7 Å². The molecule has 2 saturated heterocycles. The van der Waals surface area contributed by atoms with Crippen LogP contribution in [-0.2, 0) is 16.1 Å². The van der Waals surface area contributed by atoms with Gasteiger partial charge in [0.1, 0.15) is 17.6 Å². The number of carbonyl (C=O) groups is 3. The molecule has 2 aromatic carbocycles. The summed E-state index contributed by atoms with van der Waals surface area (Å²) in [7, 11) is 0. The van der Waals surface area contributed by atoms with Gasteiger partial charge in [0, 0.05) is 43.3 Å². The quantitative estimate of drug-likeness (QED) is 0.562. The number of nitrogens with zero attached hydrogens (tertiary/aromatic N) is 3. The van der Waals surface area contributed by atoms with Crippen molar-refractivity contribution in [3.05, 3.63) is 101 Å². The van der Waals surface area contributed by atoms with Crippen molar-refractivity contribution >= 4 is 17.7 Å². The monoisotopic (exact) mass is 516 g/mol. The Hall–Kier alpha value is -4.11. The van der Waals surface area contributed by atoms with Gasteiger partial charge in [-0.25, -0.2) is 4.39 Å². The number of aryl methyl sites for hydroxylation is 1. The van der Waals surface area contributed by atoms with Crippen LogP contribution in [0.5, 0.6) is 0 Å². The average molecular weight is 517 g/mol. The lowest BCUT2D eigenvalue weighted by molar-refractivity contribution is -0.128. The van der Waals surface area contributed by atoms with E-state index in [9.17, 15) is 18.8 Å². The molecule has 2 aliphatic heterocycles. The molecular weight excluding hydrogens is 487 g/mol. The molecule has 8 nitrogen and oxygen atoms in total. The van der Waals surface area contributed by atoms with Crippen LogP contribution in [0.15, 0.2) is 72.9 Å². The van der Waals surface area contributed by atoms with Gasteiger partial charge in [-0.2, -0.15) is 0 Å². The standard InChI is InChI=1S/C29H29FN4O4/c1-20-5-4-6-22(17-20)28(37)34-25(26(35)32-18-24-7-2-3-14-31-24)19-38-29(34)12-15-33(16-13-29)27(36)21-8-10-23(30)11-9-21/h2-11,14,17,25H,12-13,15-16,18-19H2,1H3,(H,32,35)/t25-/m0/s1. The maximum absolute atomic E-state index is 13.9. The summed E-state index contributed by atoms with van der Waals surface area (Å²) in [6.07, 6.45) is 2.35. The van der Waals surface area contributed by atoms with Gasteiger partial charge in [0.15, 0.2) is 0 Å². The molecule has 0 bridgehead atoms. The van der Waals surface area contributed by atoms with E-state index in [0.29, 0.717) is 42.8 Å². The number of hydrogen-bond donors (Lipinski definition) is 1. The number of likely N-dealkylation sites (tertiary alicyclic amines) is 1. The van der Waals surface area contributed by atoms with Crippen LogP contribution in [0.4, 0.5) is 4.39 Å². The van der Waals surface area contributed by atoms with Crippen LogP contribution < -0.4 is 5.32 Å². The van der Waals surface area contributed by atoms with E-state index in [1.807, 2.05) is 31.2 Å². The summed E-state index contributed by atoms with van der Waals surface area (Å²) < 4.78 is 19.6. The molecule has 1 N–H and O–H groups in total. The van der Waals surface area contributed by atoms with E-state index in [-0.39, 0.29) is 30.9 Å². The second-order valence-corrected chi connectivity index (χ2v) is 9.66. The van der Waals surface area contributed by atoms with E-state index in [4.69, 9.17) is 4.74 Å². The van der Waals surface area contributed by atoms with Gasteiger partial charge in [-0.3, -0.25) is 24.3 Å². The normalized spacial score (nSPS) is 18.4. The fourth-order valence-electron chi connectivity index (χ4n) is 5.12. The molecule has 3 aromatic rings. The number of pyridine rings is 1. The van der Waals surface area contributed by atoms with Crippen molar-refractivity contribution in [2.45, 2.75) is 38.1 Å². The van der Waals surface area contributed by atoms with Gasteiger partial charge < -0.3 is 15.0 Å². The predicted octanol–water partition coefficient (Wildman–Crippen LogP) is 3.32. The number of ether oxygens (including phenoxy) is 1. The average Bonchev–Trinajstić information content (AvgIpc) is 3.30. The minimum atomic E-state index is -1.02. The van der Waals surface area contributed by atoms with Gasteiger partial charge in [0.05, 0.1) is 18.8 Å². The molecule has 196 valence electrons. The SMILES string of the molecule is Cc1cccc(C(=O)N2[C@H](C(=O)NCc3ccccn3)COC23CCN(C(=O)c2ccc(F)cc2)CC3)c1. The minimum absolute atomic E-state index is 0.0531. The maximum atomic E-state index is 13.9. The number of halogens is 1. The maximum Gasteiger partial charge on any atom is 0.256 e. The lowest BCUT2D eigenvalue weighted by Crippen LogP contribution is -2.59. The van der Waals surface area contributed by atoms with Crippen LogP contribution in [0.25, 0.3) is 0 Å². The van der Waals surface area contributed by atoms with Crippen molar-refractivity contribution in [1.29, 1.82) is 0 Å². The number of piperidine rings is 1. The molecule has 1 spiro atoms. The molecule has 3 amide bonds. The zero-order valence-electron chi connectivity index (χ0n) is 21.1. The minimum Gasteiger partial charge on any atom is -0.353 e. The molecule has 0 unspecified atom stereocenters. The molecule has 0 aliphatic carbocycles. The number of benzene rings is 2. The second-order valence-electron chi connectivity index (χ2n) is 9.66. The number of hydrogen-bond acceptors (Lipinski definition) is 5. The second kappa shape index (κ2) is 10.7. The van der Waals surface area contributed by atoms with E-state index >= 15 is 0 Å². The Bertz CT molecular complexity index is 1320. The van der Waals surface area contributed by atoms with E-state index in [2.05, 4.69) is 10.3 Å². The van der Waals surface area contributed by atoms with Gasteiger partial charge in [-0.05, 0) is 55.5 Å². The van der Waals surface area contributed by atoms with Crippen LogP contribution in [-0.4, -0.2) is 64.0 Å². The molecule has 1 aromatic heterocycles. The fourth-order valence-corrected chi connectivity index (χ4v) is 5.12. The predicted molar refractivity (Wildman–Crippen MR) is 137 cm³/mol. The highest BCUT2D eigenvalue weighted by Gasteiger charge is 2.54. The van der Waals surface area contributed by atoms with Crippen molar-refractivity contribution in [3.63, 3.8) is 0 Å². The van der Waals surface area contributed by atoms with Crippen LogP contribution in [0.1, 0.15) is 44.8 Å². The Labute approximate surface area is 220 Å². The summed E-state index contributed by atoms with van der Waals surface area (Å²) in [5.74, 6) is -1.23. The van der Waals surface area contributed by atoms with Crippen molar-refractivity contribution in [2.24, 2.45) is 0 Å². The molecule has 2 aliphatic rings. The van der Waals surface area contributed by atoms with Crippen LogP contribution in [0.2, 0.25) is 0 Å². The molecule has 3 heterocycles.